The van der Waals surface area contributed by atoms with Crippen LogP contribution in [0.3, 0.4) is 0 Å². The molecule has 1 aromatic rings. The van der Waals surface area contributed by atoms with Crippen molar-refractivity contribution in [1.82, 2.24) is 15.1 Å². The van der Waals surface area contributed by atoms with Crippen LogP contribution in [0.5, 0.6) is 0 Å². The number of aromatic nitrogens is 2. The van der Waals surface area contributed by atoms with Crippen LogP contribution < -0.4 is 5.32 Å². The smallest absolute Gasteiger partial charge is 0.0888 e. The van der Waals surface area contributed by atoms with Crippen LogP contribution in [0, 0.1) is 5.92 Å². The third-order valence-electron chi connectivity index (χ3n) is 4.89. The summed E-state index contributed by atoms with van der Waals surface area (Å²) in [5.74, 6) is 0.796. The van der Waals surface area contributed by atoms with Crippen molar-refractivity contribution < 1.29 is 4.74 Å². The lowest BCUT2D eigenvalue weighted by atomic mass is 9.74. The Hall–Kier alpha value is -0.390. The maximum Gasteiger partial charge on any atom is 0.0888 e. The van der Waals surface area contributed by atoms with Crippen LogP contribution in [-0.4, -0.2) is 29.5 Å². The molecule has 1 aliphatic rings. The van der Waals surface area contributed by atoms with Gasteiger partial charge in [-0.2, -0.15) is 5.10 Å². The lowest BCUT2D eigenvalue weighted by molar-refractivity contribution is -0.0766. The molecule has 2 rings (SSSR count). The zero-order chi connectivity index (χ0) is 15.6. The van der Waals surface area contributed by atoms with Crippen molar-refractivity contribution in [3.05, 3.63) is 16.4 Å². The molecule has 0 saturated heterocycles. The molecule has 0 aliphatic heterocycles. The second-order valence-electron chi connectivity index (χ2n) is 6.59. The number of hydrogen-bond donors (Lipinski definition) is 1. The Bertz CT molecular complexity index is 464. The highest BCUT2D eigenvalue weighted by Gasteiger charge is 2.44. The molecule has 5 heteroatoms. The minimum atomic E-state index is -0.142. The molecule has 21 heavy (non-hydrogen) atoms. The van der Waals surface area contributed by atoms with Gasteiger partial charge in [0.15, 0.2) is 0 Å². The predicted octanol–water partition coefficient (Wildman–Crippen LogP) is 4.08. The van der Waals surface area contributed by atoms with E-state index in [0.29, 0.717) is 6.04 Å². The van der Waals surface area contributed by atoms with Crippen molar-refractivity contribution in [2.24, 2.45) is 5.92 Å². The fourth-order valence-electron chi connectivity index (χ4n) is 3.54. The van der Waals surface area contributed by atoms with Crippen LogP contribution in [0.4, 0.5) is 0 Å². The fourth-order valence-corrected chi connectivity index (χ4v) is 4.04. The molecule has 1 N–H and O–H groups in total. The number of ether oxygens (including phenoxy) is 1. The van der Waals surface area contributed by atoms with Crippen molar-refractivity contribution in [2.75, 3.05) is 14.2 Å². The molecule has 4 nitrogen and oxygen atoms in total. The van der Waals surface area contributed by atoms with Gasteiger partial charge in [-0.1, -0.05) is 6.92 Å². The Morgan fingerprint density at radius 1 is 1.43 bits per heavy atom. The highest BCUT2D eigenvalue weighted by molar-refractivity contribution is 9.10. The number of likely N-dealkylation sites (N-methyl/N-ethyl adjacent to an activating group) is 1. The lowest BCUT2D eigenvalue weighted by Crippen LogP contribution is -2.48. The van der Waals surface area contributed by atoms with E-state index < -0.39 is 0 Å². The minimum Gasteiger partial charge on any atom is -0.376 e. The van der Waals surface area contributed by atoms with E-state index >= 15 is 0 Å². The van der Waals surface area contributed by atoms with Gasteiger partial charge in [0.2, 0.25) is 0 Å². The molecule has 1 aliphatic carbocycles. The number of rotatable bonds is 5. The van der Waals surface area contributed by atoms with E-state index in [2.05, 4.69) is 51.8 Å². The Kier molecular flexibility index (Phi) is 5.49. The average molecular weight is 358 g/mol. The van der Waals surface area contributed by atoms with Crippen molar-refractivity contribution in [3.8, 4) is 0 Å². The summed E-state index contributed by atoms with van der Waals surface area (Å²) in [7, 11) is 3.87. The molecule has 1 saturated carbocycles. The molecule has 0 amide bonds. The first-order valence-corrected chi connectivity index (χ1v) is 8.69. The molecule has 0 aromatic carbocycles. The van der Waals surface area contributed by atoms with Crippen molar-refractivity contribution >= 4 is 15.9 Å². The van der Waals surface area contributed by atoms with E-state index in [-0.39, 0.29) is 11.6 Å². The van der Waals surface area contributed by atoms with Gasteiger partial charge in [0.1, 0.15) is 0 Å². The third kappa shape index (κ3) is 3.20. The Labute approximate surface area is 136 Å². The highest BCUT2D eigenvalue weighted by atomic mass is 79.9. The van der Waals surface area contributed by atoms with Gasteiger partial charge in [-0.3, -0.25) is 4.68 Å². The van der Waals surface area contributed by atoms with E-state index in [1.807, 2.05) is 20.4 Å². The Balaban J connectivity index is 2.40. The van der Waals surface area contributed by atoms with Gasteiger partial charge in [-0.05, 0) is 68.4 Å². The molecule has 0 radical (unpaired) electrons. The standard InChI is InChI=1S/C16H28BrN3O/c1-11(2)20-14(13(17)10-19-20)15(18-4)16(21-5)8-6-12(3)7-9-16/h10-12,15,18H,6-9H2,1-5H3. The van der Waals surface area contributed by atoms with Gasteiger partial charge >= 0.3 is 0 Å². The fraction of sp³-hybridized carbons (Fsp3) is 0.812. The summed E-state index contributed by atoms with van der Waals surface area (Å²) in [6.45, 7) is 6.67. The summed E-state index contributed by atoms with van der Waals surface area (Å²) in [5.41, 5.74) is 1.06. The van der Waals surface area contributed by atoms with Gasteiger partial charge in [0.05, 0.1) is 28.0 Å². The lowest BCUT2D eigenvalue weighted by Gasteiger charge is -2.44. The summed E-state index contributed by atoms with van der Waals surface area (Å²) >= 11 is 3.68. The number of nitrogens with zero attached hydrogens (tertiary/aromatic N) is 2. The molecule has 1 atom stereocenters. The first-order chi connectivity index (χ1) is 9.95. The predicted molar refractivity (Wildman–Crippen MR) is 89.5 cm³/mol. The second kappa shape index (κ2) is 6.80. The molecule has 1 unspecified atom stereocenters. The highest BCUT2D eigenvalue weighted by Crippen LogP contribution is 2.44. The van der Waals surface area contributed by atoms with Crippen LogP contribution in [0.2, 0.25) is 0 Å². The first kappa shape index (κ1) is 17.0. The number of halogens is 1. The monoisotopic (exact) mass is 357 g/mol. The van der Waals surface area contributed by atoms with Gasteiger partial charge in [-0.15, -0.1) is 0 Å². The zero-order valence-corrected chi connectivity index (χ0v) is 15.4. The molecule has 1 aromatic heterocycles. The van der Waals surface area contributed by atoms with Crippen molar-refractivity contribution in [2.45, 2.75) is 64.1 Å². The van der Waals surface area contributed by atoms with Crippen LogP contribution in [0.25, 0.3) is 0 Å². The summed E-state index contributed by atoms with van der Waals surface area (Å²) < 4.78 is 9.23. The van der Waals surface area contributed by atoms with Crippen LogP contribution >= 0.6 is 15.9 Å². The van der Waals surface area contributed by atoms with Gasteiger partial charge in [-0.25, -0.2) is 0 Å². The van der Waals surface area contributed by atoms with E-state index in [1.54, 1.807) is 0 Å². The Morgan fingerprint density at radius 3 is 2.52 bits per heavy atom. The van der Waals surface area contributed by atoms with Gasteiger partial charge < -0.3 is 10.1 Å². The Morgan fingerprint density at radius 2 is 2.05 bits per heavy atom. The van der Waals surface area contributed by atoms with Gasteiger partial charge in [0.25, 0.3) is 0 Å². The molecule has 0 bridgehead atoms. The number of nitrogens with one attached hydrogen (secondary N) is 1. The SMILES string of the molecule is CNC(c1c(Br)cnn1C(C)C)C1(OC)CCC(C)CC1. The molecule has 1 fully saturated rings. The molecular formula is C16H28BrN3O. The quantitative estimate of drug-likeness (QED) is 0.862. The largest absolute Gasteiger partial charge is 0.376 e. The second-order valence-corrected chi connectivity index (χ2v) is 7.44. The maximum atomic E-state index is 6.07. The summed E-state index contributed by atoms with van der Waals surface area (Å²) in [6, 6.07) is 0.479. The van der Waals surface area contributed by atoms with Crippen molar-refractivity contribution in [3.63, 3.8) is 0 Å². The average Bonchev–Trinajstić information content (AvgIpc) is 2.84. The molecule has 0 spiro atoms. The topological polar surface area (TPSA) is 39.1 Å². The minimum absolute atomic E-state index is 0.142. The van der Waals surface area contributed by atoms with Crippen LogP contribution in [-0.2, 0) is 4.74 Å². The number of methoxy groups -OCH3 is 1. The third-order valence-corrected chi connectivity index (χ3v) is 5.50. The van der Waals surface area contributed by atoms with E-state index in [1.165, 1.54) is 18.5 Å². The van der Waals surface area contributed by atoms with Crippen molar-refractivity contribution in [1.29, 1.82) is 0 Å². The number of hydrogen-bond acceptors (Lipinski definition) is 3. The van der Waals surface area contributed by atoms with Crippen LogP contribution in [0.15, 0.2) is 10.7 Å². The van der Waals surface area contributed by atoms with E-state index in [9.17, 15) is 0 Å². The molecule has 1 heterocycles. The zero-order valence-electron chi connectivity index (χ0n) is 13.8. The summed E-state index contributed by atoms with van der Waals surface area (Å²) in [6.07, 6.45) is 6.52. The van der Waals surface area contributed by atoms with Crippen LogP contribution in [0.1, 0.15) is 64.2 Å². The van der Waals surface area contributed by atoms with E-state index in [4.69, 9.17) is 4.74 Å². The first-order valence-electron chi connectivity index (χ1n) is 7.90. The molecular weight excluding hydrogens is 330 g/mol. The van der Waals surface area contributed by atoms with Gasteiger partial charge in [0, 0.05) is 13.2 Å². The maximum absolute atomic E-state index is 6.07. The summed E-state index contributed by atoms with van der Waals surface area (Å²) in [4.78, 5) is 0. The normalized spacial score (nSPS) is 28.0. The van der Waals surface area contributed by atoms with E-state index in [0.717, 1.165) is 23.2 Å². The molecule has 120 valence electrons. The summed E-state index contributed by atoms with van der Waals surface area (Å²) in [5, 5.41) is 8.03.